The van der Waals surface area contributed by atoms with Crippen molar-refractivity contribution in [3.8, 4) is 0 Å². The topological polar surface area (TPSA) is 44.4 Å². The molecule has 1 unspecified atom stereocenters. The Morgan fingerprint density at radius 2 is 2.06 bits per heavy atom. The molecule has 0 aliphatic carbocycles. The van der Waals surface area contributed by atoms with E-state index in [1.165, 1.54) is 32.1 Å². The maximum atomic E-state index is 11.8. The van der Waals surface area contributed by atoms with Crippen molar-refractivity contribution >= 4 is 5.91 Å². The van der Waals surface area contributed by atoms with E-state index in [0.29, 0.717) is 18.4 Å². The molecule has 0 saturated carbocycles. The summed E-state index contributed by atoms with van der Waals surface area (Å²) in [6.07, 6.45) is 6.95. The third-order valence-corrected chi connectivity index (χ3v) is 3.78. The summed E-state index contributed by atoms with van der Waals surface area (Å²) in [5, 5.41) is 6.90. The van der Waals surface area contributed by atoms with Crippen LogP contribution in [0.3, 0.4) is 0 Å². The average Bonchev–Trinajstić information content (AvgIpc) is 2.89. The van der Waals surface area contributed by atoms with Crippen molar-refractivity contribution in [3.63, 3.8) is 0 Å². The SMILES string of the molecule is O=C(CCNCC1CCCCN1)N1CCCC1. The van der Waals surface area contributed by atoms with Gasteiger partial charge in [-0.25, -0.2) is 0 Å². The van der Waals surface area contributed by atoms with Crippen LogP contribution in [-0.2, 0) is 4.79 Å². The van der Waals surface area contributed by atoms with E-state index in [9.17, 15) is 4.79 Å². The van der Waals surface area contributed by atoms with Crippen molar-refractivity contribution < 1.29 is 4.79 Å². The number of likely N-dealkylation sites (tertiary alicyclic amines) is 1. The third kappa shape index (κ3) is 4.28. The second-order valence-corrected chi connectivity index (χ2v) is 5.19. The van der Waals surface area contributed by atoms with Crippen LogP contribution < -0.4 is 10.6 Å². The molecular weight excluding hydrogens is 214 g/mol. The number of piperidine rings is 1. The van der Waals surface area contributed by atoms with Gasteiger partial charge in [0, 0.05) is 38.6 Å². The van der Waals surface area contributed by atoms with Crippen LogP contribution in [0.15, 0.2) is 0 Å². The quantitative estimate of drug-likeness (QED) is 0.695. The summed E-state index contributed by atoms with van der Waals surface area (Å²) >= 11 is 0. The van der Waals surface area contributed by atoms with Gasteiger partial charge in [-0.15, -0.1) is 0 Å². The predicted molar refractivity (Wildman–Crippen MR) is 68.9 cm³/mol. The molecule has 2 N–H and O–H groups in total. The Morgan fingerprint density at radius 1 is 1.24 bits per heavy atom. The second kappa shape index (κ2) is 6.97. The van der Waals surface area contributed by atoms with Gasteiger partial charge in [-0.2, -0.15) is 0 Å². The van der Waals surface area contributed by atoms with Crippen molar-refractivity contribution in [3.05, 3.63) is 0 Å². The van der Waals surface area contributed by atoms with E-state index in [4.69, 9.17) is 0 Å². The summed E-state index contributed by atoms with van der Waals surface area (Å²) in [6, 6.07) is 0.616. The molecule has 0 radical (unpaired) electrons. The Bertz CT molecular complexity index is 233. The summed E-state index contributed by atoms with van der Waals surface area (Å²) in [5.74, 6) is 0.326. The molecule has 98 valence electrons. The number of nitrogens with zero attached hydrogens (tertiary/aromatic N) is 1. The number of carbonyl (C=O) groups excluding carboxylic acids is 1. The predicted octanol–water partition coefficient (Wildman–Crippen LogP) is 0.731. The van der Waals surface area contributed by atoms with Crippen LogP contribution in [-0.4, -0.2) is 49.6 Å². The molecule has 2 fully saturated rings. The summed E-state index contributed by atoms with van der Waals surface area (Å²) in [7, 11) is 0. The molecule has 2 saturated heterocycles. The Labute approximate surface area is 104 Å². The minimum atomic E-state index is 0.326. The summed E-state index contributed by atoms with van der Waals surface area (Å²) in [6.45, 7) is 4.94. The highest BCUT2D eigenvalue weighted by atomic mass is 16.2. The molecule has 2 aliphatic rings. The number of carbonyl (C=O) groups is 1. The zero-order valence-corrected chi connectivity index (χ0v) is 10.7. The Hall–Kier alpha value is -0.610. The fourth-order valence-electron chi connectivity index (χ4n) is 2.69. The monoisotopic (exact) mass is 239 g/mol. The molecule has 2 heterocycles. The molecule has 0 bridgehead atoms. The molecule has 0 aromatic carbocycles. The van der Waals surface area contributed by atoms with Crippen LogP contribution in [0.25, 0.3) is 0 Å². The van der Waals surface area contributed by atoms with E-state index in [1.54, 1.807) is 0 Å². The summed E-state index contributed by atoms with van der Waals surface area (Å²) < 4.78 is 0. The van der Waals surface area contributed by atoms with Crippen molar-refractivity contribution in [1.82, 2.24) is 15.5 Å². The van der Waals surface area contributed by atoms with E-state index in [-0.39, 0.29) is 0 Å². The molecule has 1 amide bonds. The number of hydrogen-bond donors (Lipinski definition) is 2. The fourth-order valence-corrected chi connectivity index (χ4v) is 2.69. The molecule has 0 aromatic rings. The number of nitrogens with one attached hydrogen (secondary N) is 2. The third-order valence-electron chi connectivity index (χ3n) is 3.78. The lowest BCUT2D eigenvalue weighted by Crippen LogP contribution is -2.42. The van der Waals surface area contributed by atoms with Gasteiger partial charge in [-0.3, -0.25) is 4.79 Å². The second-order valence-electron chi connectivity index (χ2n) is 5.19. The molecular formula is C13H25N3O. The lowest BCUT2D eigenvalue weighted by atomic mass is 10.1. The normalized spacial score (nSPS) is 25.2. The highest BCUT2D eigenvalue weighted by Crippen LogP contribution is 2.08. The van der Waals surface area contributed by atoms with Gasteiger partial charge < -0.3 is 15.5 Å². The van der Waals surface area contributed by atoms with Gasteiger partial charge in [-0.1, -0.05) is 6.42 Å². The largest absolute Gasteiger partial charge is 0.343 e. The number of rotatable bonds is 5. The Kier molecular flexibility index (Phi) is 5.26. The van der Waals surface area contributed by atoms with E-state index < -0.39 is 0 Å². The lowest BCUT2D eigenvalue weighted by Gasteiger charge is -2.23. The maximum Gasteiger partial charge on any atom is 0.223 e. The standard InChI is InChI=1S/C13H25N3O/c17-13(16-9-3-4-10-16)6-8-14-11-12-5-1-2-7-15-12/h12,14-15H,1-11H2. The molecule has 17 heavy (non-hydrogen) atoms. The van der Waals surface area contributed by atoms with Gasteiger partial charge in [0.2, 0.25) is 5.91 Å². The van der Waals surface area contributed by atoms with E-state index >= 15 is 0 Å². The molecule has 1 atom stereocenters. The van der Waals surface area contributed by atoms with Gasteiger partial charge in [0.1, 0.15) is 0 Å². The first-order chi connectivity index (χ1) is 8.36. The van der Waals surface area contributed by atoms with Crippen LogP contribution in [0.1, 0.15) is 38.5 Å². The van der Waals surface area contributed by atoms with E-state index in [1.807, 2.05) is 4.90 Å². The Balaban J connectivity index is 1.51. The van der Waals surface area contributed by atoms with Gasteiger partial charge in [0.05, 0.1) is 0 Å². The first-order valence-corrected chi connectivity index (χ1v) is 7.08. The van der Waals surface area contributed by atoms with Crippen molar-refractivity contribution in [2.75, 3.05) is 32.7 Å². The molecule has 4 heteroatoms. The van der Waals surface area contributed by atoms with Gasteiger partial charge in [0.25, 0.3) is 0 Å². The zero-order chi connectivity index (χ0) is 11.9. The first-order valence-electron chi connectivity index (χ1n) is 7.08. The molecule has 2 aliphatic heterocycles. The Morgan fingerprint density at radius 3 is 2.76 bits per heavy atom. The van der Waals surface area contributed by atoms with Gasteiger partial charge in [0.15, 0.2) is 0 Å². The first kappa shape index (κ1) is 12.8. The number of hydrogen-bond acceptors (Lipinski definition) is 3. The van der Waals surface area contributed by atoms with Crippen molar-refractivity contribution in [2.24, 2.45) is 0 Å². The summed E-state index contributed by atoms with van der Waals surface area (Å²) in [4.78, 5) is 13.8. The maximum absolute atomic E-state index is 11.8. The highest BCUT2D eigenvalue weighted by Gasteiger charge is 2.17. The van der Waals surface area contributed by atoms with Gasteiger partial charge in [-0.05, 0) is 32.2 Å². The highest BCUT2D eigenvalue weighted by molar-refractivity contribution is 5.76. The average molecular weight is 239 g/mol. The number of amides is 1. The van der Waals surface area contributed by atoms with Crippen LogP contribution in [0.2, 0.25) is 0 Å². The molecule has 0 spiro atoms. The van der Waals surface area contributed by atoms with Gasteiger partial charge >= 0.3 is 0 Å². The lowest BCUT2D eigenvalue weighted by molar-refractivity contribution is -0.130. The smallest absolute Gasteiger partial charge is 0.223 e. The minimum Gasteiger partial charge on any atom is -0.343 e. The van der Waals surface area contributed by atoms with Crippen molar-refractivity contribution in [2.45, 2.75) is 44.6 Å². The van der Waals surface area contributed by atoms with Crippen LogP contribution in [0.5, 0.6) is 0 Å². The van der Waals surface area contributed by atoms with Crippen molar-refractivity contribution in [1.29, 1.82) is 0 Å². The van der Waals surface area contributed by atoms with E-state index in [2.05, 4.69) is 10.6 Å². The van der Waals surface area contributed by atoms with Crippen LogP contribution in [0.4, 0.5) is 0 Å². The molecule has 2 rings (SSSR count). The zero-order valence-electron chi connectivity index (χ0n) is 10.7. The van der Waals surface area contributed by atoms with Crippen LogP contribution in [0, 0.1) is 0 Å². The van der Waals surface area contributed by atoms with E-state index in [0.717, 1.165) is 32.7 Å². The summed E-state index contributed by atoms with van der Waals surface area (Å²) in [5.41, 5.74) is 0. The minimum absolute atomic E-state index is 0.326. The molecule has 4 nitrogen and oxygen atoms in total. The fraction of sp³-hybridized carbons (Fsp3) is 0.923. The molecule has 0 aromatic heterocycles. The van der Waals surface area contributed by atoms with Crippen LogP contribution >= 0.6 is 0 Å².